The number of amides is 1. The fourth-order valence-corrected chi connectivity index (χ4v) is 2.74. The highest BCUT2D eigenvalue weighted by atomic mass is 16.2. The number of nitrogens with zero attached hydrogens (tertiary/aromatic N) is 6. The maximum atomic E-state index is 12.6. The average Bonchev–Trinajstić information content (AvgIpc) is 3.04. The van der Waals surface area contributed by atoms with E-state index in [1.54, 1.807) is 24.9 Å². The van der Waals surface area contributed by atoms with Crippen LogP contribution in [0.2, 0.25) is 0 Å². The van der Waals surface area contributed by atoms with Crippen LogP contribution in [0.4, 0.5) is 0 Å². The van der Waals surface area contributed by atoms with Crippen molar-refractivity contribution >= 4 is 17.1 Å². The first kappa shape index (κ1) is 17.6. The molecule has 136 valence electrons. The molecule has 0 saturated heterocycles. The number of pyridine rings is 1. The molecule has 3 heterocycles. The molecule has 0 aliphatic rings. The second kappa shape index (κ2) is 6.95. The van der Waals surface area contributed by atoms with Crippen LogP contribution in [0.15, 0.2) is 40.3 Å². The van der Waals surface area contributed by atoms with Crippen molar-refractivity contribution in [1.29, 1.82) is 0 Å². The number of carbonyl (C=O) groups excluding carboxylic acids is 1. The second-order valence-corrected chi connectivity index (χ2v) is 6.15. The smallest absolute Gasteiger partial charge is 0.332 e. The maximum Gasteiger partial charge on any atom is 0.332 e. The second-order valence-electron chi connectivity index (χ2n) is 6.15. The molecule has 3 rings (SSSR count). The minimum absolute atomic E-state index is 0.288. The van der Waals surface area contributed by atoms with Crippen molar-refractivity contribution in [2.24, 2.45) is 14.1 Å². The Morgan fingerprint density at radius 2 is 1.96 bits per heavy atom. The largest absolute Gasteiger partial charge is 0.344 e. The van der Waals surface area contributed by atoms with Crippen LogP contribution in [0.5, 0.6) is 0 Å². The predicted molar refractivity (Wildman–Crippen MR) is 95.8 cm³/mol. The number of imidazole rings is 1. The molecule has 0 fully saturated rings. The molecular weight excluding hydrogens is 336 g/mol. The zero-order valence-electron chi connectivity index (χ0n) is 14.9. The molecule has 9 heteroatoms. The topological polar surface area (TPSA) is 95.0 Å². The van der Waals surface area contributed by atoms with Gasteiger partial charge >= 0.3 is 5.69 Å². The van der Waals surface area contributed by atoms with Crippen molar-refractivity contribution in [3.63, 3.8) is 0 Å². The standard InChI is InChI=1S/C17H20N6O3/c1-20(9-7-12-6-4-5-8-18-12)13(24)10-23-16(25)14-15(19-11-21(14)2)22(3)17(23)26/h4-6,8,11H,7,9-10H2,1-3H3. The fraction of sp³-hybridized carbons (Fsp3) is 0.353. The van der Waals surface area contributed by atoms with Crippen molar-refractivity contribution in [1.82, 2.24) is 28.6 Å². The lowest BCUT2D eigenvalue weighted by atomic mass is 10.2. The van der Waals surface area contributed by atoms with Gasteiger partial charge < -0.3 is 9.47 Å². The summed E-state index contributed by atoms with van der Waals surface area (Å²) in [4.78, 5) is 47.3. The molecular formula is C17H20N6O3. The van der Waals surface area contributed by atoms with E-state index < -0.39 is 11.2 Å². The minimum Gasteiger partial charge on any atom is -0.344 e. The van der Waals surface area contributed by atoms with Gasteiger partial charge in [-0.05, 0) is 12.1 Å². The van der Waals surface area contributed by atoms with Crippen LogP contribution in [0.25, 0.3) is 11.2 Å². The molecule has 1 amide bonds. The van der Waals surface area contributed by atoms with Gasteiger partial charge in [-0.1, -0.05) is 6.07 Å². The molecule has 3 aromatic heterocycles. The molecule has 0 aromatic carbocycles. The number of fused-ring (bicyclic) bond motifs is 1. The lowest BCUT2D eigenvalue weighted by Crippen LogP contribution is -2.44. The monoisotopic (exact) mass is 356 g/mol. The van der Waals surface area contributed by atoms with E-state index in [4.69, 9.17) is 0 Å². The molecule has 0 N–H and O–H groups in total. The zero-order chi connectivity index (χ0) is 18.8. The number of likely N-dealkylation sites (N-methyl/N-ethyl adjacent to an activating group) is 1. The molecule has 0 atom stereocenters. The van der Waals surface area contributed by atoms with E-state index in [9.17, 15) is 14.4 Å². The highest BCUT2D eigenvalue weighted by Gasteiger charge is 2.18. The summed E-state index contributed by atoms with van der Waals surface area (Å²) in [6, 6.07) is 5.60. The average molecular weight is 356 g/mol. The van der Waals surface area contributed by atoms with Gasteiger partial charge in [0.05, 0.1) is 6.33 Å². The lowest BCUT2D eigenvalue weighted by molar-refractivity contribution is -0.130. The lowest BCUT2D eigenvalue weighted by Gasteiger charge is -2.17. The van der Waals surface area contributed by atoms with E-state index in [0.29, 0.717) is 18.6 Å². The maximum absolute atomic E-state index is 12.6. The van der Waals surface area contributed by atoms with Gasteiger partial charge in [-0.3, -0.25) is 19.1 Å². The van der Waals surface area contributed by atoms with E-state index >= 15 is 0 Å². The van der Waals surface area contributed by atoms with Gasteiger partial charge in [-0.2, -0.15) is 0 Å². The van der Waals surface area contributed by atoms with E-state index in [1.165, 1.54) is 22.8 Å². The van der Waals surface area contributed by atoms with Gasteiger partial charge in [-0.15, -0.1) is 0 Å². The van der Waals surface area contributed by atoms with E-state index in [-0.39, 0.29) is 18.0 Å². The SMILES string of the molecule is CN(CCc1ccccn1)C(=O)Cn1c(=O)c2c(ncn2C)n(C)c1=O. The highest BCUT2D eigenvalue weighted by Crippen LogP contribution is 2.03. The summed E-state index contributed by atoms with van der Waals surface area (Å²) in [5.74, 6) is -0.318. The van der Waals surface area contributed by atoms with E-state index in [0.717, 1.165) is 10.3 Å². The number of hydrogen-bond acceptors (Lipinski definition) is 5. The molecule has 0 aliphatic heterocycles. The van der Waals surface area contributed by atoms with Crippen LogP contribution >= 0.6 is 0 Å². The summed E-state index contributed by atoms with van der Waals surface area (Å²) in [6.07, 6.45) is 3.76. The van der Waals surface area contributed by atoms with Gasteiger partial charge in [-0.25, -0.2) is 14.3 Å². The third kappa shape index (κ3) is 3.15. The predicted octanol–water partition coefficient (Wildman–Crippen LogP) is -0.470. The van der Waals surface area contributed by atoms with Gasteiger partial charge in [0.2, 0.25) is 5.91 Å². The van der Waals surface area contributed by atoms with Crippen LogP contribution in [0, 0.1) is 0 Å². The highest BCUT2D eigenvalue weighted by molar-refractivity contribution is 5.76. The zero-order valence-corrected chi connectivity index (χ0v) is 14.9. The van der Waals surface area contributed by atoms with Crippen molar-refractivity contribution < 1.29 is 4.79 Å². The first-order valence-corrected chi connectivity index (χ1v) is 8.15. The molecule has 9 nitrogen and oxygen atoms in total. The Kier molecular flexibility index (Phi) is 4.70. The first-order valence-electron chi connectivity index (χ1n) is 8.15. The number of rotatable bonds is 5. The Labute approximate surface area is 149 Å². The van der Waals surface area contributed by atoms with Crippen molar-refractivity contribution in [2.45, 2.75) is 13.0 Å². The molecule has 0 spiro atoms. The normalized spacial score (nSPS) is 11.0. The molecule has 0 saturated carbocycles. The van der Waals surface area contributed by atoms with E-state index in [2.05, 4.69) is 9.97 Å². The third-order valence-electron chi connectivity index (χ3n) is 4.35. The van der Waals surface area contributed by atoms with Crippen LogP contribution in [-0.4, -0.2) is 48.1 Å². The minimum atomic E-state index is -0.562. The Morgan fingerprint density at radius 3 is 2.65 bits per heavy atom. The molecule has 0 unspecified atom stereocenters. The summed E-state index contributed by atoms with van der Waals surface area (Å²) in [5.41, 5.74) is 0.379. The van der Waals surface area contributed by atoms with Crippen LogP contribution in [-0.2, 0) is 31.9 Å². The molecule has 0 bridgehead atoms. The molecule has 3 aromatic rings. The van der Waals surface area contributed by atoms with Gasteiger partial charge in [0.15, 0.2) is 11.2 Å². The first-order chi connectivity index (χ1) is 12.4. The Hall–Kier alpha value is -3.23. The van der Waals surface area contributed by atoms with Crippen LogP contribution in [0.3, 0.4) is 0 Å². The third-order valence-corrected chi connectivity index (χ3v) is 4.35. The van der Waals surface area contributed by atoms with Gasteiger partial charge in [0.25, 0.3) is 5.56 Å². The molecule has 26 heavy (non-hydrogen) atoms. The van der Waals surface area contributed by atoms with Crippen LogP contribution < -0.4 is 11.2 Å². The van der Waals surface area contributed by atoms with Crippen molar-refractivity contribution in [3.05, 3.63) is 57.3 Å². The Morgan fingerprint density at radius 1 is 1.19 bits per heavy atom. The summed E-state index contributed by atoms with van der Waals surface area (Å²) in [5, 5.41) is 0. The van der Waals surface area contributed by atoms with E-state index in [1.807, 2.05) is 18.2 Å². The molecule has 0 radical (unpaired) electrons. The summed E-state index contributed by atoms with van der Waals surface area (Å²) in [7, 11) is 4.85. The Balaban J connectivity index is 1.82. The Bertz CT molecular complexity index is 1060. The van der Waals surface area contributed by atoms with Crippen molar-refractivity contribution in [3.8, 4) is 0 Å². The number of aryl methyl sites for hydroxylation is 2. The number of hydrogen-bond donors (Lipinski definition) is 0. The number of carbonyl (C=O) groups is 1. The summed E-state index contributed by atoms with van der Waals surface area (Å²) in [6.45, 7) is 0.129. The summed E-state index contributed by atoms with van der Waals surface area (Å²) < 4.78 is 3.77. The van der Waals surface area contributed by atoms with Crippen LogP contribution in [0.1, 0.15) is 5.69 Å². The number of aromatic nitrogens is 5. The fourth-order valence-electron chi connectivity index (χ4n) is 2.74. The van der Waals surface area contributed by atoms with Gasteiger partial charge in [0, 0.05) is 46.0 Å². The molecule has 0 aliphatic carbocycles. The quantitative estimate of drug-likeness (QED) is 0.616. The summed E-state index contributed by atoms with van der Waals surface area (Å²) >= 11 is 0. The van der Waals surface area contributed by atoms with Gasteiger partial charge in [0.1, 0.15) is 6.54 Å². The van der Waals surface area contributed by atoms with Crippen molar-refractivity contribution in [2.75, 3.05) is 13.6 Å².